The van der Waals surface area contributed by atoms with Gasteiger partial charge in [-0.3, -0.25) is 14.5 Å². The number of ketones is 1. The molecule has 0 bridgehead atoms. The van der Waals surface area contributed by atoms with Crippen LogP contribution >= 0.6 is 11.3 Å². The van der Waals surface area contributed by atoms with E-state index < -0.39 is 23.5 Å². The number of hydrogen-bond acceptors (Lipinski definition) is 8. The number of nitrogens with zero attached hydrogens (tertiary/aromatic N) is 2. The highest BCUT2D eigenvalue weighted by Crippen LogP contribution is 2.47. The van der Waals surface area contributed by atoms with Gasteiger partial charge in [0, 0.05) is 5.56 Å². The molecule has 0 saturated carbocycles. The van der Waals surface area contributed by atoms with Crippen molar-refractivity contribution >= 4 is 38.4 Å². The van der Waals surface area contributed by atoms with E-state index in [1.807, 2.05) is 26.0 Å². The minimum atomic E-state index is -1.03. The number of furan rings is 1. The fraction of sp³-hybridized carbons (Fsp3) is 0.222. The standard InChI is InChI=1S/C27H24N2O6S/c1-13-10-14(2)22-20(11-13)36-27(28-22)29-23(17-12-16(33-4)7-9-18(17)34-5)21(25(31)26(29)32)24(30)19-8-6-15(3)35-19/h6-12,23,31H,1-5H3. The second-order valence-corrected chi connectivity index (χ2v) is 9.62. The molecule has 4 aromatic rings. The van der Waals surface area contributed by atoms with E-state index in [0.29, 0.717) is 28.0 Å². The molecule has 0 fully saturated rings. The fourth-order valence-corrected chi connectivity index (χ4v) is 5.70. The van der Waals surface area contributed by atoms with Crippen molar-refractivity contribution in [3.8, 4) is 11.5 Å². The van der Waals surface area contributed by atoms with Gasteiger partial charge in [-0.1, -0.05) is 17.4 Å². The van der Waals surface area contributed by atoms with Gasteiger partial charge in [-0.15, -0.1) is 0 Å². The number of benzene rings is 2. The number of amides is 1. The van der Waals surface area contributed by atoms with Crippen LogP contribution in [0.2, 0.25) is 0 Å². The van der Waals surface area contributed by atoms with Gasteiger partial charge in [-0.05, 0) is 68.3 Å². The summed E-state index contributed by atoms with van der Waals surface area (Å²) in [6.45, 7) is 5.66. The fourth-order valence-electron chi connectivity index (χ4n) is 4.53. The number of methoxy groups -OCH3 is 2. The smallest absolute Gasteiger partial charge is 0.296 e. The number of aromatic nitrogens is 1. The lowest BCUT2D eigenvalue weighted by Crippen LogP contribution is -2.31. The van der Waals surface area contributed by atoms with Crippen LogP contribution in [-0.2, 0) is 4.79 Å². The number of rotatable bonds is 6. The van der Waals surface area contributed by atoms with E-state index in [-0.39, 0.29) is 11.3 Å². The van der Waals surface area contributed by atoms with Gasteiger partial charge < -0.3 is 19.0 Å². The van der Waals surface area contributed by atoms with Crippen LogP contribution in [0.5, 0.6) is 11.5 Å². The number of aryl methyl sites for hydroxylation is 3. The Morgan fingerprint density at radius 2 is 1.86 bits per heavy atom. The first-order valence-corrected chi connectivity index (χ1v) is 12.0. The van der Waals surface area contributed by atoms with Gasteiger partial charge in [0.05, 0.1) is 30.0 Å². The molecular weight excluding hydrogens is 480 g/mol. The van der Waals surface area contributed by atoms with Gasteiger partial charge in [0.15, 0.2) is 16.7 Å². The summed E-state index contributed by atoms with van der Waals surface area (Å²) in [6, 6.07) is 11.3. The summed E-state index contributed by atoms with van der Waals surface area (Å²) >= 11 is 1.31. The van der Waals surface area contributed by atoms with Crippen LogP contribution in [0.25, 0.3) is 10.2 Å². The summed E-state index contributed by atoms with van der Waals surface area (Å²) < 4.78 is 17.5. The zero-order valence-corrected chi connectivity index (χ0v) is 21.2. The summed E-state index contributed by atoms with van der Waals surface area (Å²) in [5.74, 6) is -0.512. The quantitative estimate of drug-likeness (QED) is 0.340. The summed E-state index contributed by atoms with van der Waals surface area (Å²) in [6.07, 6.45) is 0. The number of aliphatic hydroxyl groups excluding tert-OH is 1. The Morgan fingerprint density at radius 1 is 1.08 bits per heavy atom. The molecule has 1 amide bonds. The first kappa shape index (κ1) is 23.6. The van der Waals surface area contributed by atoms with Crippen molar-refractivity contribution < 1.29 is 28.6 Å². The Bertz CT molecular complexity index is 1560. The normalized spacial score (nSPS) is 15.8. The largest absolute Gasteiger partial charge is 0.503 e. The summed E-state index contributed by atoms with van der Waals surface area (Å²) in [7, 11) is 3.02. The van der Waals surface area contributed by atoms with Crippen LogP contribution in [0.15, 0.2) is 58.2 Å². The van der Waals surface area contributed by atoms with Crippen LogP contribution in [0, 0.1) is 20.8 Å². The molecule has 1 atom stereocenters. The van der Waals surface area contributed by atoms with Crippen molar-refractivity contribution in [2.45, 2.75) is 26.8 Å². The van der Waals surface area contributed by atoms with E-state index >= 15 is 0 Å². The van der Waals surface area contributed by atoms with Gasteiger partial charge in [0.25, 0.3) is 5.91 Å². The minimum Gasteiger partial charge on any atom is -0.503 e. The number of carbonyl (C=O) groups excluding carboxylic acids is 2. The van der Waals surface area contributed by atoms with Gasteiger partial charge in [-0.2, -0.15) is 0 Å². The summed E-state index contributed by atoms with van der Waals surface area (Å²) in [5, 5.41) is 11.4. The number of fused-ring (bicyclic) bond motifs is 1. The Hall–Kier alpha value is -4.11. The van der Waals surface area contributed by atoms with Gasteiger partial charge in [-0.25, -0.2) is 4.98 Å². The van der Waals surface area contributed by atoms with E-state index in [2.05, 4.69) is 0 Å². The van der Waals surface area contributed by atoms with Gasteiger partial charge in [0.1, 0.15) is 23.3 Å². The molecule has 0 spiro atoms. The lowest BCUT2D eigenvalue weighted by atomic mass is 9.94. The maximum atomic E-state index is 13.6. The predicted molar refractivity (Wildman–Crippen MR) is 136 cm³/mol. The third kappa shape index (κ3) is 3.72. The van der Waals surface area contributed by atoms with Gasteiger partial charge >= 0.3 is 0 Å². The zero-order valence-electron chi connectivity index (χ0n) is 20.4. The molecule has 0 saturated heterocycles. The molecule has 9 heteroatoms. The van der Waals surface area contributed by atoms with Crippen molar-refractivity contribution in [2.24, 2.45) is 0 Å². The van der Waals surface area contributed by atoms with Crippen LogP contribution in [0.3, 0.4) is 0 Å². The minimum absolute atomic E-state index is 0.0198. The average Bonchev–Trinajstić information content (AvgIpc) is 3.54. The highest BCUT2D eigenvalue weighted by atomic mass is 32.1. The van der Waals surface area contributed by atoms with Crippen LogP contribution in [-0.4, -0.2) is 36.0 Å². The van der Waals surface area contributed by atoms with Crippen molar-refractivity contribution in [1.29, 1.82) is 0 Å². The van der Waals surface area contributed by atoms with E-state index in [4.69, 9.17) is 18.9 Å². The highest BCUT2D eigenvalue weighted by molar-refractivity contribution is 7.22. The summed E-state index contributed by atoms with van der Waals surface area (Å²) in [4.78, 5) is 33.3. The number of Topliss-reactive ketones (excluding diaryl/α,β-unsaturated/α-hetero) is 1. The molecule has 1 aliphatic heterocycles. The summed E-state index contributed by atoms with van der Waals surface area (Å²) in [5.41, 5.74) is 3.14. The van der Waals surface area contributed by atoms with Gasteiger partial charge in [0.2, 0.25) is 5.78 Å². The first-order valence-electron chi connectivity index (χ1n) is 11.2. The molecule has 0 aliphatic carbocycles. The Labute approximate surface area is 211 Å². The molecule has 3 heterocycles. The zero-order chi connectivity index (χ0) is 25.7. The van der Waals surface area contributed by atoms with E-state index in [1.165, 1.54) is 36.5 Å². The molecule has 1 N–H and O–H groups in total. The average molecular weight is 505 g/mol. The third-order valence-corrected chi connectivity index (χ3v) is 7.17. The predicted octanol–water partition coefficient (Wildman–Crippen LogP) is 5.61. The van der Waals surface area contributed by atoms with E-state index in [9.17, 15) is 14.7 Å². The second kappa shape index (κ2) is 8.83. The van der Waals surface area contributed by atoms with Crippen LogP contribution in [0.1, 0.15) is 39.0 Å². The molecule has 184 valence electrons. The lowest BCUT2D eigenvalue weighted by molar-refractivity contribution is -0.117. The molecule has 1 aliphatic rings. The number of thiazole rings is 1. The number of carbonyl (C=O) groups is 2. The first-order chi connectivity index (χ1) is 17.2. The van der Waals surface area contributed by atoms with E-state index in [1.54, 1.807) is 31.2 Å². The van der Waals surface area contributed by atoms with E-state index in [0.717, 1.165) is 21.3 Å². The molecule has 2 aromatic heterocycles. The Balaban J connectivity index is 1.75. The topological polar surface area (TPSA) is 102 Å². The Morgan fingerprint density at radius 3 is 2.53 bits per heavy atom. The third-order valence-electron chi connectivity index (χ3n) is 6.17. The number of anilines is 1. The molecule has 2 aromatic carbocycles. The molecule has 0 radical (unpaired) electrons. The SMILES string of the molecule is COc1ccc(OC)c(C2C(C(=O)c3ccc(C)o3)=C(O)C(=O)N2c2nc3c(C)cc(C)cc3s2)c1. The van der Waals surface area contributed by atoms with Crippen LogP contribution in [0.4, 0.5) is 5.13 Å². The molecule has 5 rings (SSSR count). The number of aliphatic hydroxyl groups is 1. The van der Waals surface area contributed by atoms with Crippen molar-refractivity contribution in [1.82, 2.24) is 4.98 Å². The molecule has 8 nitrogen and oxygen atoms in total. The second-order valence-electron chi connectivity index (χ2n) is 8.61. The lowest BCUT2D eigenvalue weighted by Gasteiger charge is -2.26. The molecule has 1 unspecified atom stereocenters. The van der Waals surface area contributed by atoms with Crippen molar-refractivity contribution in [3.05, 3.63) is 82.0 Å². The highest BCUT2D eigenvalue weighted by Gasteiger charge is 2.47. The monoisotopic (exact) mass is 504 g/mol. The van der Waals surface area contributed by atoms with Crippen molar-refractivity contribution in [3.63, 3.8) is 0 Å². The van der Waals surface area contributed by atoms with Crippen LogP contribution < -0.4 is 14.4 Å². The molecule has 36 heavy (non-hydrogen) atoms. The maximum Gasteiger partial charge on any atom is 0.296 e. The maximum absolute atomic E-state index is 13.6. The number of hydrogen-bond donors (Lipinski definition) is 1. The van der Waals surface area contributed by atoms with Crippen molar-refractivity contribution in [2.75, 3.05) is 19.1 Å². The molecular formula is C27H24N2O6S. The Kier molecular flexibility index (Phi) is 5.80. The number of ether oxygens (including phenoxy) is 2.